The summed E-state index contributed by atoms with van der Waals surface area (Å²) in [6.07, 6.45) is 0. The first-order valence-electron chi connectivity index (χ1n) is 8.83. The summed E-state index contributed by atoms with van der Waals surface area (Å²) in [5.41, 5.74) is 1.71. The van der Waals surface area contributed by atoms with E-state index in [0.29, 0.717) is 23.6 Å². The number of anilines is 2. The monoisotopic (exact) mass is 376 g/mol. The second-order valence-electron chi connectivity index (χ2n) is 7.15. The van der Waals surface area contributed by atoms with Gasteiger partial charge in [0, 0.05) is 30.6 Å². The van der Waals surface area contributed by atoms with Crippen LogP contribution in [0.3, 0.4) is 0 Å². The van der Waals surface area contributed by atoms with E-state index in [0.717, 1.165) is 11.6 Å². The normalized spacial score (nSPS) is 20.1. The van der Waals surface area contributed by atoms with Crippen molar-refractivity contribution in [2.45, 2.75) is 31.7 Å². The molecule has 8 heteroatoms. The van der Waals surface area contributed by atoms with Gasteiger partial charge in [-0.2, -0.15) is 0 Å². The topological polar surface area (TPSA) is 66.0 Å². The van der Waals surface area contributed by atoms with Crippen molar-refractivity contribution in [3.8, 4) is 0 Å². The molecular formula is C19H19F3N4O. The van der Waals surface area contributed by atoms with Crippen LogP contribution in [0, 0.1) is 17.5 Å². The first kappa shape index (κ1) is 17.6. The summed E-state index contributed by atoms with van der Waals surface area (Å²) in [5.74, 6) is -4.13. The van der Waals surface area contributed by atoms with Crippen LogP contribution in [0.4, 0.5) is 24.7 Å². The summed E-state index contributed by atoms with van der Waals surface area (Å²) >= 11 is 0. The molecule has 1 aromatic carbocycles. The number of carbonyl (C=O) groups excluding carboxylic acids is 1. The maximum absolute atomic E-state index is 14.0. The zero-order valence-electron chi connectivity index (χ0n) is 14.9. The molecular weight excluding hydrogens is 357 g/mol. The van der Waals surface area contributed by atoms with Crippen molar-refractivity contribution in [3.63, 3.8) is 0 Å². The van der Waals surface area contributed by atoms with Crippen molar-refractivity contribution in [3.05, 3.63) is 52.5 Å². The molecule has 2 aromatic rings. The van der Waals surface area contributed by atoms with E-state index in [1.807, 2.05) is 19.9 Å². The third kappa shape index (κ3) is 2.89. The number of nitrogens with zero attached hydrogens (tertiary/aromatic N) is 1. The number of hydrogen-bond donors (Lipinski definition) is 3. The zero-order valence-corrected chi connectivity index (χ0v) is 14.9. The molecule has 0 radical (unpaired) electrons. The van der Waals surface area contributed by atoms with Gasteiger partial charge in [-0.05, 0) is 31.5 Å². The molecule has 0 fully saturated rings. The number of hydrogen-bond acceptors (Lipinski definition) is 4. The van der Waals surface area contributed by atoms with Crippen LogP contribution in [0.15, 0.2) is 18.2 Å². The molecule has 5 nitrogen and oxygen atoms in total. The molecule has 4 rings (SSSR count). The standard InChI is InChI=1S/C19H19F3N4O/c1-8(2)25-19(27)12-7-24-18-9(12)3-4-14(26-18)11-6-23-17-10(11)5-13(20)15(21)16(17)22/h3-5,8,11-12,23H,6-7H2,1-2H3,(H,24,26)(H,25,27). The Kier molecular flexibility index (Phi) is 4.20. The van der Waals surface area contributed by atoms with Gasteiger partial charge in [-0.25, -0.2) is 18.2 Å². The van der Waals surface area contributed by atoms with E-state index in [-0.39, 0.29) is 30.1 Å². The second-order valence-corrected chi connectivity index (χ2v) is 7.15. The molecule has 142 valence electrons. The van der Waals surface area contributed by atoms with Crippen LogP contribution in [0.25, 0.3) is 0 Å². The van der Waals surface area contributed by atoms with Gasteiger partial charge in [0.25, 0.3) is 0 Å². The highest BCUT2D eigenvalue weighted by molar-refractivity contribution is 5.87. The van der Waals surface area contributed by atoms with Gasteiger partial charge in [-0.15, -0.1) is 0 Å². The first-order chi connectivity index (χ1) is 12.9. The third-order valence-corrected chi connectivity index (χ3v) is 4.95. The van der Waals surface area contributed by atoms with Gasteiger partial charge in [0.15, 0.2) is 17.5 Å². The number of benzene rings is 1. The van der Waals surface area contributed by atoms with Crippen LogP contribution in [0.2, 0.25) is 0 Å². The lowest BCUT2D eigenvalue weighted by Crippen LogP contribution is -2.35. The molecule has 1 aromatic heterocycles. The largest absolute Gasteiger partial charge is 0.381 e. The zero-order chi connectivity index (χ0) is 19.3. The summed E-state index contributed by atoms with van der Waals surface area (Å²) in [6.45, 7) is 4.53. The van der Waals surface area contributed by atoms with Crippen LogP contribution in [0.5, 0.6) is 0 Å². The summed E-state index contributed by atoms with van der Waals surface area (Å²) in [6, 6.07) is 4.62. The van der Waals surface area contributed by atoms with Crippen molar-refractivity contribution < 1.29 is 18.0 Å². The molecule has 0 aliphatic carbocycles. The SMILES string of the molecule is CC(C)NC(=O)C1CNc2nc(C3CNc4c3cc(F)c(F)c4F)ccc21. The third-order valence-electron chi connectivity index (χ3n) is 4.95. The lowest BCUT2D eigenvalue weighted by molar-refractivity contribution is -0.122. The van der Waals surface area contributed by atoms with Crippen molar-refractivity contribution in [2.24, 2.45) is 0 Å². The summed E-state index contributed by atoms with van der Waals surface area (Å²) in [5, 5.41) is 8.81. The summed E-state index contributed by atoms with van der Waals surface area (Å²) in [4.78, 5) is 16.9. The Labute approximate surface area is 154 Å². The Hall–Kier alpha value is -2.77. The van der Waals surface area contributed by atoms with Crippen LogP contribution in [0.1, 0.15) is 42.5 Å². The first-order valence-corrected chi connectivity index (χ1v) is 8.83. The van der Waals surface area contributed by atoms with Crippen LogP contribution < -0.4 is 16.0 Å². The van der Waals surface area contributed by atoms with Gasteiger partial charge in [0.05, 0.1) is 17.3 Å². The van der Waals surface area contributed by atoms with Gasteiger partial charge >= 0.3 is 0 Å². The van der Waals surface area contributed by atoms with Crippen molar-refractivity contribution in [1.82, 2.24) is 10.3 Å². The predicted molar refractivity (Wildman–Crippen MR) is 95.4 cm³/mol. The summed E-state index contributed by atoms with van der Waals surface area (Å²) < 4.78 is 41.1. The van der Waals surface area contributed by atoms with Gasteiger partial charge in [0.2, 0.25) is 5.91 Å². The minimum atomic E-state index is -1.48. The highest BCUT2D eigenvalue weighted by atomic mass is 19.2. The molecule has 2 atom stereocenters. The van der Waals surface area contributed by atoms with Crippen molar-refractivity contribution in [1.29, 1.82) is 0 Å². The number of fused-ring (bicyclic) bond motifs is 2. The Morgan fingerprint density at radius 3 is 2.67 bits per heavy atom. The Morgan fingerprint density at radius 1 is 1.15 bits per heavy atom. The fourth-order valence-corrected chi connectivity index (χ4v) is 3.68. The average molecular weight is 376 g/mol. The number of carbonyl (C=O) groups is 1. The highest BCUT2D eigenvalue weighted by Gasteiger charge is 2.34. The fraction of sp³-hybridized carbons (Fsp3) is 0.368. The molecule has 1 amide bonds. The maximum atomic E-state index is 14.0. The van der Waals surface area contributed by atoms with Crippen molar-refractivity contribution in [2.75, 3.05) is 23.7 Å². The maximum Gasteiger partial charge on any atom is 0.229 e. The van der Waals surface area contributed by atoms with Crippen molar-refractivity contribution >= 4 is 17.4 Å². The lowest BCUT2D eigenvalue weighted by atomic mass is 9.95. The Morgan fingerprint density at radius 2 is 1.93 bits per heavy atom. The molecule has 0 saturated heterocycles. The molecule has 27 heavy (non-hydrogen) atoms. The van der Waals surface area contributed by atoms with Gasteiger partial charge < -0.3 is 16.0 Å². The molecule has 3 heterocycles. The van der Waals surface area contributed by atoms with E-state index in [2.05, 4.69) is 20.9 Å². The van der Waals surface area contributed by atoms with E-state index in [1.165, 1.54) is 0 Å². The number of aromatic nitrogens is 1. The minimum absolute atomic E-state index is 0.0247. The smallest absolute Gasteiger partial charge is 0.229 e. The van der Waals surface area contributed by atoms with E-state index in [1.54, 1.807) is 6.07 Å². The van der Waals surface area contributed by atoms with E-state index < -0.39 is 23.4 Å². The van der Waals surface area contributed by atoms with E-state index >= 15 is 0 Å². The molecule has 2 unspecified atom stereocenters. The Bertz CT molecular complexity index is 932. The lowest BCUT2D eigenvalue weighted by Gasteiger charge is -2.14. The van der Waals surface area contributed by atoms with Gasteiger partial charge in [0.1, 0.15) is 5.82 Å². The number of halogens is 3. The number of amides is 1. The molecule has 2 aliphatic heterocycles. The predicted octanol–water partition coefficient (Wildman–Crippen LogP) is 3.09. The van der Waals surface area contributed by atoms with E-state index in [9.17, 15) is 18.0 Å². The fourth-order valence-electron chi connectivity index (χ4n) is 3.68. The quantitative estimate of drug-likeness (QED) is 0.721. The molecule has 0 spiro atoms. The molecule has 0 bridgehead atoms. The average Bonchev–Trinajstić information content (AvgIpc) is 3.22. The van der Waals surface area contributed by atoms with Crippen LogP contribution in [-0.2, 0) is 4.79 Å². The minimum Gasteiger partial charge on any atom is -0.381 e. The molecule has 0 saturated carbocycles. The molecule has 2 aliphatic rings. The van der Waals surface area contributed by atoms with Crippen LogP contribution >= 0.6 is 0 Å². The number of pyridine rings is 1. The summed E-state index contributed by atoms with van der Waals surface area (Å²) in [7, 11) is 0. The molecule has 3 N–H and O–H groups in total. The van der Waals surface area contributed by atoms with Gasteiger partial charge in [-0.1, -0.05) is 6.07 Å². The van der Waals surface area contributed by atoms with Crippen LogP contribution in [-0.4, -0.2) is 30.0 Å². The highest BCUT2D eigenvalue weighted by Crippen LogP contribution is 2.40. The Balaban J connectivity index is 1.65. The van der Waals surface area contributed by atoms with E-state index in [4.69, 9.17) is 0 Å². The van der Waals surface area contributed by atoms with Gasteiger partial charge in [-0.3, -0.25) is 4.79 Å². The number of nitrogens with one attached hydrogen (secondary N) is 3. The number of rotatable bonds is 3. The second kappa shape index (κ2) is 6.44.